The molecule has 0 saturated carbocycles. The molecule has 33 heavy (non-hydrogen) atoms. The number of piperidine rings is 1. The first-order valence-electron chi connectivity index (χ1n) is 10.6. The highest BCUT2D eigenvalue weighted by Crippen LogP contribution is 2.29. The van der Waals surface area contributed by atoms with Crippen LogP contribution in [0.25, 0.3) is 0 Å². The van der Waals surface area contributed by atoms with Gasteiger partial charge in [-0.05, 0) is 55.7 Å². The van der Waals surface area contributed by atoms with Crippen LogP contribution in [0.5, 0.6) is 5.75 Å². The second-order valence-electron chi connectivity index (χ2n) is 7.59. The Balaban J connectivity index is 1.47. The van der Waals surface area contributed by atoms with E-state index in [-0.39, 0.29) is 23.5 Å². The summed E-state index contributed by atoms with van der Waals surface area (Å²) in [6.07, 6.45) is 6.74. The third kappa shape index (κ3) is 5.03. The van der Waals surface area contributed by atoms with Gasteiger partial charge < -0.3 is 24.7 Å². The van der Waals surface area contributed by atoms with Crippen molar-refractivity contribution in [1.82, 2.24) is 9.88 Å². The maximum atomic E-state index is 13.0. The number of methoxy groups -OCH3 is 1. The first-order chi connectivity index (χ1) is 16.1. The van der Waals surface area contributed by atoms with Crippen LogP contribution in [0.3, 0.4) is 0 Å². The van der Waals surface area contributed by atoms with Crippen molar-refractivity contribution in [1.29, 1.82) is 0 Å². The van der Waals surface area contributed by atoms with Crippen LogP contribution in [0.2, 0.25) is 0 Å². The van der Waals surface area contributed by atoms with Gasteiger partial charge in [-0.3, -0.25) is 19.4 Å². The Labute approximate surface area is 190 Å². The molecule has 9 heteroatoms. The van der Waals surface area contributed by atoms with Gasteiger partial charge in [0.1, 0.15) is 11.8 Å². The topological polar surface area (TPSA) is 114 Å². The van der Waals surface area contributed by atoms with Crippen molar-refractivity contribution in [3.63, 3.8) is 0 Å². The number of pyridine rings is 1. The summed E-state index contributed by atoms with van der Waals surface area (Å²) in [6.45, 7) is 0.486. The molecule has 1 aromatic carbocycles. The fraction of sp³-hybridized carbons (Fsp3) is 0.250. The third-order valence-corrected chi connectivity index (χ3v) is 5.44. The van der Waals surface area contributed by atoms with Crippen molar-refractivity contribution >= 4 is 29.1 Å². The van der Waals surface area contributed by atoms with E-state index in [0.29, 0.717) is 35.7 Å². The summed E-state index contributed by atoms with van der Waals surface area (Å²) < 4.78 is 10.6. The van der Waals surface area contributed by atoms with Gasteiger partial charge in [0.2, 0.25) is 5.91 Å². The van der Waals surface area contributed by atoms with Gasteiger partial charge in [0.15, 0.2) is 5.76 Å². The number of carbonyl (C=O) groups is 3. The molecule has 170 valence electrons. The van der Waals surface area contributed by atoms with Gasteiger partial charge in [-0.25, -0.2) is 0 Å². The highest BCUT2D eigenvalue weighted by Gasteiger charge is 2.33. The molecule has 0 radical (unpaired) electrons. The number of rotatable bonds is 6. The van der Waals surface area contributed by atoms with Crippen LogP contribution in [-0.4, -0.2) is 47.3 Å². The molecule has 2 aromatic heterocycles. The van der Waals surface area contributed by atoms with Crippen molar-refractivity contribution < 1.29 is 23.5 Å². The normalized spacial score (nSPS) is 15.5. The molecule has 1 aliphatic heterocycles. The van der Waals surface area contributed by atoms with E-state index < -0.39 is 6.04 Å². The number of furan rings is 1. The van der Waals surface area contributed by atoms with E-state index in [9.17, 15) is 14.4 Å². The van der Waals surface area contributed by atoms with Crippen molar-refractivity contribution in [2.45, 2.75) is 25.3 Å². The van der Waals surface area contributed by atoms with E-state index in [4.69, 9.17) is 9.15 Å². The maximum Gasteiger partial charge on any atom is 0.290 e. The minimum absolute atomic E-state index is 0.213. The SMILES string of the molecule is COc1cc(NC(=O)C2CCCCN2C(=O)c2ccco2)ccc1NC(=O)c1cccnc1. The van der Waals surface area contributed by atoms with Crippen LogP contribution in [0, 0.1) is 0 Å². The van der Waals surface area contributed by atoms with Gasteiger partial charge in [-0.1, -0.05) is 0 Å². The molecular weight excluding hydrogens is 424 g/mol. The first kappa shape index (κ1) is 22.1. The van der Waals surface area contributed by atoms with E-state index in [0.717, 1.165) is 12.8 Å². The molecule has 1 fully saturated rings. The number of nitrogens with one attached hydrogen (secondary N) is 2. The summed E-state index contributed by atoms with van der Waals surface area (Å²) in [5, 5.41) is 5.64. The standard InChI is InChI=1S/C24H24N4O5/c1-32-21-14-17(9-10-18(21)27-22(29)16-6-4-11-25-15-16)26-23(30)19-7-2-3-12-28(19)24(31)20-8-5-13-33-20/h4-6,8-11,13-15,19H,2-3,7,12H2,1H3,(H,26,30)(H,27,29). The van der Waals surface area contributed by atoms with Crippen LogP contribution < -0.4 is 15.4 Å². The Kier molecular flexibility index (Phi) is 6.68. The van der Waals surface area contributed by atoms with E-state index >= 15 is 0 Å². The minimum atomic E-state index is -0.604. The quantitative estimate of drug-likeness (QED) is 0.596. The molecule has 4 rings (SSSR count). The third-order valence-electron chi connectivity index (χ3n) is 5.44. The molecule has 1 aliphatic rings. The molecule has 3 aromatic rings. The number of nitrogens with zero attached hydrogens (tertiary/aromatic N) is 2. The highest BCUT2D eigenvalue weighted by molar-refractivity contribution is 6.05. The number of benzene rings is 1. The van der Waals surface area contributed by atoms with Gasteiger partial charge in [0, 0.05) is 30.7 Å². The number of amides is 3. The van der Waals surface area contributed by atoms with Crippen LogP contribution in [0.1, 0.15) is 40.2 Å². The van der Waals surface area contributed by atoms with Gasteiger partial charge in [-0.15, -0.1) is 0 Å². The van der Waals surface area contributed by atoms with E-state index in [1.807, 2.05) is 0 Å². The zero-order valence-corrected chi connectivity index (χ0v) is 18.1. The number of carbonyl (C=O) groups excluding carboxylic acids is 3. The summed E-state index contributed by atoms with van der Waals surface area (Å²) >= 11 is 0. The summed E-state index contributed by atoms with van der Waals surface area (Å²) in [6, 6.07) is 10.9. The molecule has 0 aliphatic carbocycles. The largest absolute Gasteiger partial charge is 0.494 e. The minimum Gasteiger partial charge on any atom is -0.494 e. The van der Waals surface area contributed by atoms with Gasteiger partial charge in [-0.2, -0.15) is 0 Å². The van der Waals surface area contributed by atoms with E-state index in [1.54, 1.807) is 53.6 Å². The summed E-state index contributed by atoms with van der Waals surface area (Å²) in [7, 11) is 1.48. The number of anilines is 2. The average Bonchev–Trinajstić information content (AvgIpc) is 3.40. The molecule has 1 unspecified atom stereocenters. The summed E-state index contributed by atoms with van der Waals surface area (Å²) in [4.78, 5) is 43.7. The second kappa shape index (κ2) is 9.99. The Morgan fingerprint density at radius 1 is 1.12 bits per heavy atom. The molecule has 0 spiro atoms. The highest BCUT2D eigenvalue weighted by atomic mass is 16.5. The Morgan fingerprint density at radius 2 is 2.00 bits per heavy atom. The van der Waals surface area contributed by atoms with Crippen LogP contribution in [0.4, 0.5) is 11.4 Å². The fourth-order valence-corrected chi connectivity index (χ4v) is 3.78. The Bertz CT molecular complexity index is 1130. The number of hydrogen-bond donors (Lipinski definition) is 2. The lowest BCUT2D eigenvalue weighted by Gasteiger charge is -2.34. The molecule has 3 heterocycles. The predicted molar refractivity (Wildman–Crippen MR) is 121 cm³/mol. The molecule has 0 bridgehead atoms. The van der Waals surface area contributed by atoms with E-state index in [1.165, 1.54) is 19.6 Å². The molecular formula is C24H24N4O5. The second-order valence-corrected chi connectivity index (χ2v) is 7.59. The Morgan fingerprint density at radius 3 is 2.73 bits per heavy atom. The molecule has 1 saturated heterocycles. The average molecular weight is 448 g/mol. The zero-order chi connectivity index (χ0) is 23.2. The molecule has 1 atom stereocenters. The lowest BCUT2D eigenvalue weighted by molar-refractivity contribution is -0.121. The lowest BCUT2D eigenvalue weighted by Crippen LogP contribution is -2.49. The van der Waals surface area contributed by atoms with Crippen LogP contribution >= 0.6 is 0 Å². The van der Waals surface area contributed by atoms with Crippen LogP contribution in [0.15, 0.2) is 65.5 Å². The number of likely N-dealkylation sites (tertiary alicyclic amines) is 1. The maximum absolute atomic E-state index is 13.0. The lowest BCUT2D eigenvalue weighted by atomic mass is 10.0. The smallest absolute Gasteiger partial charge is 0.290 e. The molecule has 2 N–H and O–H groups in total. The monoisotopic (exact) mass is 448 g/mol. The predicted octanol–water partition coefficient (Wildman–Crippen LogP) is 3.57. The number of hydrogen-bond acceptors (Lipinski definition) is 6. The summed E-state index contributed by atoms with van der Waals surface area (Å²) in [5.41, 5.74) is 1.36. The fourth-order valence-electron chi connectivity index (χ4n) is 3.78. The van der Waals surface area contributed by atoms with Gasteiger partial charge in [0.05, 0.1) is 24.6 Å². The zero-order valence-electron chi connectivity index (χ0n) is 18.1. The van der Waals surface area contributed by atoms with Crippen molar-refractivity contribution in [3.05, 3.63) is 72.4 Å². The number of aromatic nitrogens is 1. The van der Waals surface area contributed by atoms with E-state index in [2.05, 4.69) is 15.6 Å². The number of ether oxygens (including phenoxy) is 1. The van der Waals surface area contributed by atoms with Gasteiger partial charge >= 0.3 is 0 Å². The van der Waals surface area contributed by atoms with Crippen molar-refractivity contribution in [3.8, 4) is 5.75 Å². The van der Waals surface area contributed by atoms with Gasteiger partial charge in [0.25, 0.3) is 11.8 Å². The Hall–Kier alpha value is -4.14. The van der Waals surface area contributed by atoms with Crippen molar-refractivity contribution in [2.24, 2.45) is 0 Å². The first-order valence-corrected chi connectivity index (χ1v) is 10.6. The van der Waals surface area contributed by atoms with Crippen molar-refractivity contribution in [2.75, 3.05) is 24.3 Å². The summed E-state index contributed by atoms with van der Waals surface area (Å²) in [5.74, 6) is -0.315. The molecule has 3 amide bonds. The molecule has 9 nitrogen and oxygen atoms in total. The van der Waals surface area contributed by atoms with Crippen LogP contribution in [-0.2, 0) is 4.79 Å².